The minimum Gasteiger partial charge on any atom is -0.462 e. The molecule has 0 saturated heterocycles. The van der Waals surface area contributed by atoms with Crippen molar-refractivity contribution in [3.05, 3.63) is 46.8 Å². The highest BCUT2D eigenvalue weighted by Gasteiger charge is 2.23. The van der Waals surface area contributed by atoms with Gasteiger partial charge in [-0.05, 0) is 50.5 Å². The Bertz CT molecular complexity index is 704. The third-order valence-corrected chi connectivity index (χ3v) is 3.68. The molecule has 1 aliphatic rings. The molecular formula is C16H17N3O3. The summed E-state index contributed by atoms with van der Waals surface area (Å²) in [6.45, 7) is 2.09. The van der Waals surface area contributed by atoms with Gasteiger partial charge in [-0.1, -0.05) is 0 Å². The van der Waals surface area contributed by atoms with Gasteiger partial charge in [0.05, 0.1) is 12.2 Å². The Balaban J connectivity index is 1.70. The van der Waals surface area contributed by atoms with Gasteiger partial charge in [-0.25, -0.2) is 4.79 Å². The molecular weight excluding hydrogens is 282 g/mol. The number of benzene rings is 1. The van der Waals surface area contributed by atoms with Crippen molar-refractivity contribution < 1.29 is 14.3 Å². The summed E-state index contributed by atoms with van der Waals surface area (Å²) in [5.74, 6) is -0.603. The van der Waals surface area contributed by atoms with Crippen LogP contribution >= 0.6 is 0 Å². The molecule has 6 nitrogen and oxygen atoms in total. The van der Waals surface area contributed by atoms with Crippen molar-refractivity contribution in [2.45, 2.75) is 26.2 Å². The molecule has 1 amide bonds. The summed E-state index contributed by atoms with van der Waals surface area (Å²) in [7, 11) is 0. The van der Waals surface area contributed by atoms with Crippen molar-refractivity contribution >= 4 is 17.6 Å². The monoisotopic (exact) mass is 299 g/mol. The van der Waals surface area contributed by atoms with Crippen molar-refractivity contribution in [3.8, 4) is 0 Å². The fraction of sp³-hybridized carbons (Fsp3) is 0.312. The second kappa shape index (κ2) is 6.01. The van der Waals surface area contributed by atoms with Gasteiger partial charge in [0.15, 0.2) is 5.69 Å². The molecule has 3 rings (SSSR count). The molecule has 0 radical (unpaired) electrons. The second-order valence-electron chi connectivity index (χ2n) is 5.13. The number of hydrogen-bond donors (Lipinski definition) is 2. The van der Waals surface area contributed by atoms with Crippen molar-refractivity contribution in [2.24, 2.45) is 0 Å². The number of esters is 1. The van der Waals surface area contributed by atoms with Crippen LogP contribution < -0.4 is 5.32 Å². The normalized spacial score (nSPS) is 12.8. The summed E-state index contributed by atoms with van der Waals surface area (Å²) in [6.07, 6.45) is 2.89. The number of ether oxygens (including phenoxy) is 1. The minimum absolute atomic E-state index is 0.233. The number of H-pyrrole nitrogens is 1. The van der Waals surface area contributed by atoms with Gasteiger partial charge in [-0.2, -0.15) is 5.10 Å². The summed E-state index contributed by atoms with van der Waals surface area (Å²) >= 11 is 0. The average Bonchev–Trinajstić information content (AvgIpc) is 3.10. The van der Waals surface area contributed by atoms with Gasteiger partial charge in [0.2, 0.25) is 0 Å². The Morgan fingerprint density at radius 3 is 2.77 bits per heavy atom. The van der Waals surface area contributed by atoms with E-state index in [1.165, 1.54) is 0 Å². The third kappa shape index (κ3) is 2.72. The molecule has 0 spiro atoms. The van der Waals surface area contributed by atoms with E-state index in [1.807, 2.05) is 0 Å². The molecule has 0 fully saturated rings. The average molecular weight is 299 g/mol. The van der Waals surface area contributed by atoms with Crippen molar-refractivity contribution in [2.75, 3.05) is 11.9 Å². The van der Waals surface area contributed by atoms with Crippen LogP contribution in [0.4, 0.5) is 5.69 Å². The number of hydrogen-bond acceptors (Lipinski definition) is 4. The van der Waals surface area contributed by atoms with E-state index in [-0.39, 0.29) is 11.9 Å². The molecule has 1 aromatic carbocycles. The van der Waals surface area contributed by atoms with E-state index in [9.17, 15) is 9.59 Å². The largest absolute Gasteiger partial charge is 0.462 e. The maximum Gasteiger partial charge on any atom is 0.338 e. The Labute approximate surface area is 127 Å². The van der Waals surface area contributed by atoms with E-state index in [0.717, 1.165) is 30.5 Å². The van der Waals surface area contributed by atoms with Crippen LogP contribution in [-0.2, 0) is 17.6 Å². The van der Waals surface area contributed by atoms with Crippen LogP contribution in [0.2, 0.25) is 0 Å². The number of aromatic amines is 1. The highest BCUT2D eigenvalue weighted by Crippen LogP contribution is 2.23. The molecule has 6 heteroatoms. The zero-order valence-corrected chi connectivity index (χ0v) is 12.3. The standard InChI is InChI=1S/C16H17N3O3/c1-2-22-16(21)10-6-8-11(9-7-10)17-15(20)14-12-4-3-5-13(12)18-19-14/h6-9H,2-5H2,1H3,(H,17,20)(H,18,19). The van der Waals surface area contributed by atoms with Crippen LogP contribution in [0.3, 0.4) is 0 Å². The lowest BCUT2D eigenvalue weighted by atomic mass is 10.1. The van der Waals surface area contributed by atoms with Crippen LogP contribution in [0, 0.1) is 0 Å². The molecule has 0 atom stereocenters. The number of rotatable bonds is 4. The summed E-state index contributed by atoms with van der Waals surface area (Å²) in [4.78, 5) is 23.8. The predicted octanol–water partition coefficient (Wildman–Crippen LogP) is 2.33. The van der Waals surface area contributed by atoms with Crippen LogP contribution in [0.1, 0.15) is 45.4 Å². The molecule has 0 unspecified atom stereocenters. The number of anilines is 1. The smallest absolute Gasteiger partial charge is 0.338 e. The molecule has 1 aliphatic carbocycles. The first-order valence-corrected chi connectivity index (χ1v) is 7.33. The van der Waals surface area contributed by atoms with Gasteiger partial charge in [-0.3, -0.25) is 9.89 Å². The van der Waals surface area contributed by atoms with Gasteiger partial charge < -0.3 is 10.1 Å². The van der Waals surface area contributed by atoms with Gasteiger partial charge in [0, 0.05) is 16.9 Å². The number of aryl methyl sites for hydroxylation is 1. The Morgan fingerprint density at radius 2 is 2.05 bits per heavy atom. The molecule has 22 heavy (non-hydrogen) atoms. The molecule has 1 aromatic heterocycles. The number of carbonyl (C=O) groups is 2. The van der Waals surface area contributed by atoms with Crippen LogP contribution in [0.25, 0.3) is 0 Å². The lowest BCUT2D eigenvalue weighted by Gasteiger charge is -2.06. The quantitative estimate of drug-likeness (QED) is 0.849. The first-order valence-electron chi connectivity index (χ1n) is 7.33. The zero-order valence-electron chi connectivity index (χ0n) is 12.3. The van der Waals surface area contributed by atoms with E-state index in [2.05, 4.69) is 15.5 Å². The summed E-state index contributed by atoms with van der Waals surface area (Å²) in [5.41, 5.74) is 3.61. The summed E-state index contributed by atoms with van der Waals surface area (Å²) in [6, 6.07) is 6.61. The predicted molar refractivity (Wildman–Crippen MR) is 81.0 cm³/mol. The van der Waals surface area contributed by atoms with Gasteiger partial charge >= 0.3 is 5.97 Å². The Morgan fingerprint density at radius 1 is 1.27 bits per heavy atom. The molecule has 114 valence electrons. The first kappa shape index (κ1) is 14.3. The van der Waals surface area contributed by atoms with Crippen LogP contribution in [0.5, 0.6) is 0 Å². The maximum atomic E-state index is 12.3. The van der Waals surface area contributed by atoms with Crippen molar-refractivity contribution in [1.82, 2.24) is 10.2 Å². The highest BCUT2D eigenvalue weighted by molar-refractivity contribution is 6.04. The lowest BCUT2D eigenvalue weighted by molar-refractivity contribution is 0.0526. The Kier molecular flexibility index (Phi) is 3.91. The zero-order chi connectivity index (χ0) is 15.5. The van der Waals surface area contributed by atoms with E-state index < -0.39 is 0 Å². The van der Waals surface area contributed by atoms with Gasteiger partial charge in [0.1, 0.15) is 0 Å². The number of nitrogens with one attached hydrogen (secondary N) is 2. The molecule has 0 saturated carbocycles. The number of nitrogens with zero attached hydrogens (tertiary/aromatic N) is 1. The molecule has 2 N–H and O–H groups in total. The van der Waals surface area contributed by atoms with E-state index in [1.54, 1.807) is 31.2 Å². The van der Waals surface area contributed by atoms with Crippen molar-refractivity contribution in [3.63, 3.8) is 0 Å². The summed E-state index contributed by atoms with van der Waals surface area (Å²) < 4.78 is 4.92. The summed E-state index contributed by atoms with van der Waals surface area (Å²) in [5, 5.41) is 9.81. The SMILES string of the molecule is CCOC(=O)c1ccc(NC(=O)c2n[nH]c3c2CCC3)cc1. The molecule has 1 heterocycles. The second-order valence-corrected chi connectivity index (χ2v) is 5.13. The molecule has 2 aromatic rings. The van der Waals surface area contributed by atoms with E-state index in [4.69, 9.17) is 4.74 Å². The fourth-order valence-corrected chi connectivity index (χ4v) is 2.60. The van der Waals surface area contributed by atoms with Crippen LogP contribution in [-0.4, -0.2) is 28.7 Å². The van der Waals surface area contributed by atoms with Gasteiger partial charge in [-0.15, -0.1) is 0 Å². The van der Waals surface area contributed by atoms with Gasteiger partial charge in [0.25, 0.3) is 5.91 Å². The Hall–Kier alpha value is -2.63. The van der Waals surface area contributed by atoms with Crippen molar-refractivity contribution in [1.29, 1.82) is 0 Å². The number of aromatic nitrogens is 2. The first-order chi connectivity index (χ1) is 10.7. The number of amides is 1. The van der Waals surface area contributed by atoms with Crippen LogP contribution in [0.15, 0.2) is 24.3 Å². The maximum absolute atomic E-state index is 12.3. The fourth-order valence-electron chi connectivity index (χ4n) is 2.60. The molecule has 0 bridgehead atoms. The number of carbonyl (C=O) groups excluding carboxylic acids is 2. The van der Waals surface area contributed by atoms with E-state index >= 15 is 0 Å². The lowest BCUT2D eigenvalue weighted by Crippen LogP contribution is -2.14. The third-order valence-electron chi connectivity index (χ3n) is 3.68. The van der Waals surface area contributed by atoms with E-state index in [0.29, 0.717) is 23.6 Å². The molecule has 0 aliphatic heterocycles. The topological polar surface area (TPSA) is 84.1 Å². The highest BCUT2D eigenvalue weighted by atomic mass is 16.5. The number of fused-ring (bicyclic) bond motifs is 1. The minimum atomic E-state index is -0.370.